The number of nitrogens with two attached hydrogens (primary N) is 1. The van der Waals surface area contributed by atoms with E-state index in [1.807, 2.05) is 27.0 Å². The molecule has 0 aliphatic rings. The molecule has 0 unspecified atom stereocenters. The van der Waals surface area contributed by atoms with Gasteiger partial charge in [-0.1, -0.05) is 12.0 Å². The number of nitrogens with one attached hydrogen (secondary N) is 1. The van der Waals surface area contributed by atoms with Gasteiger partial charge in [-0.05, 0) is 39.3 Å². The van der Waals surface area contributed by atoms with Crippen molar-refractivity contribution in [3.8, 4) is 23.1 Å². The van der Waals surface area contributed by atoms with Crippen LogP contribution in [0.2, 0.25) is 0 Å². The van der Waals surface area contributed by atoms with E-state index in [-0.39, 0.29) is 5.69 Å². The van der Waals surface area contributed by atoms with Gasteiger partial charge in [0.05, 0.1) is 11.9 Å². The summed E-state index contributed by atoms with van der Waals surface area (Å²) in [6.45, 7) is 6.42. The Morgan fingerprint density at radius 1 is 1.29 bits per heavy atom. The molecule has 8 heteroatoms. The van der Waals surface area contributed by atoms with Crippen LogP contribution in [0, 0.1) is 11.8 Å². The van der Waals surface area contributed by atoms with Gasteiger partial charge < -0.3 is 15.8 Å². The number of rotatable bonds is 6. The molecule has 148 valence electrons. The maximum Gasteiger partial charge on any atom is 0.407 e. The van der Waals surface area contributed by atoms with Crippen LogP contribution < -0.4 is 11.1 Å². The van der Waals surface area contributed by atoms with Gasteiger partial charge in [0.25, 0.3) is 5.91 Å². The molecule has 2 aromatic heterocycles. The lowest BCUT2D eigenvalue weighted by Gasteiger charge is -2.19. The van der Waals surface area contributed by atoms with Gasteiger partial charge in [-0.25, -0.2) is 9.78 Å². The highest BCUT2D eigenvalue weighted by molar-refractivity contribution is 5.91. The van der Waals surface area contributed by atoms with Gasteiger partial charge in [0.15, 0.2) is 0 Å². The number of pyridine rings is 1. The Kier molecular flexibility index (Phi) is 7.15. The SMILES string of the molecule is CC(C)(C)OC(=O)NCCCC#CCn1cc(-c2cccc(C(N)=O)n2)cn1. The Balaban J connectivity index is 1.76. The summed E-state index contributed by atoms with van der Waals surface area (Å²) in [7, 11) is 0. The predicted molar refractivity (Wildman–Crippen MR) is 105 cm³/mol. The Bertz CT molecular complexity index is 887. The van der Waals surface area contributed by atoms with Crippen LogP contribution in [0.4, 0.5) is 4.79 Å². The molecule has 2 amide bonds. The molecule has 2 rings (SSSR count). The molecule has 0 bridgehead atoms. The first-order valence-electron chi connectivity index (χ1n) is 8.97. The Hall–Kier alpha value is -3.34. The fraction of sp³-hybridized carbons (Fsp3) is 0.400. The van der Waals surface area contributed by atoms with E-state index in [0.29, 0.717) is 25.2 Å². The molecule has 0 fully saturated rings. The third-order valence-electron chi connectivity index (χ3n) is 3.44. The number of hydrogen-bond donors (Lipinski definition) is 2. The fourth-order valence-corrected chi connectivity index (χ4v) is 2.22. The van der Waals surface area contributed by atoms with Crippen LogP contribution >= 0.6 is 0 Å². The molecular weight excluding hydrogens is 358 g/mol. The van der Waals surface area contributed by atoms with Crippen LogP contribution in [-0.2, 0) is 11.3 Å². The number of primary amides is 1. The van der Waals surface area contributed by atoms with Gasteiger partial charge in [0.1, 0.15) is 17.8 Å². The van der Waals surface area contributed by atoms with E-state index in [1.54, 1.807) is 29.1 Å². The Morgan fingerprint density at radius 2 is 2.07 bits per heavy atom. The van der Waals surface area contributed by atoms with Gasteiger partial charge in [0.2, 0.25) is 0 Å². The summed E-state index contributed by atoms with van der Waals surface area (Å²) in [6, 6.07) is 5.08. The largest absolute Gasteiger partial charge is 0.444 e. The van der Waals surface area contributed by atoms with E-state index in [4.69, 9.17) is 10.5 Å². The molecule has 0 saturated carbocycles. The number of unbranched alkanes of at least 4 members (excludes halogenated alkanes) is 1. The Labute approximate surface area is 164 Å². The monoisotopic (exact) mass is 383 g/mol. The second kappa shape index (κ2) is 9.55. The summed E-state index contributed by atoms with van der Waals surface area (Å²) in [5.41, 5.74) is 6.38. The molecule has 28 heavy (non-hydrogen) atoms. The molecule has 3 N–H and O–H groups in total. The molecule has 0 aliphatic carbocycles. The molecular formula is C20H25N5O3. The second-order valence-electron chi connectivity index (χ2n) is 7.08. The van der Waals surface area contributed by atoms with Crippen LogP contribution in [-0.4, -0.2) is 38.9 Å². The second-order valence-corrected chi connectivity index (χ2v) is 7.08. The molecule has 2 aromatic rings. The van der Waals surface area contributed by atoms with Crippen molar-refractivity contribution in [2.24, 2.45) is 5.73 Å². The molecule has 0 radical (unpaired) electrons. The lowest BCUT2D eigenvalue weighted by atomic mass is 10.2. The average molecular weight is 383 g/mol. The van der Waals surface area contributed by atoms with E-state index >= 15 is 0 Å². The van der Waals surface area contributed by atoms with Crippen molar-refractivity contribution in [1.82, 2.24) is 20.1 Å². The number of carbonyl (C=O) groups excluding carboxylic acids is 2. The van der Waals surface area contributed by atoms with E-state index in [9.17, 15) is 9.59 Å². The molecule has 8 nitrogen and oxygen atoms in total. The number of carbonyl (C=O) groups is 2. The van der Waals surface area contributed by atoms with Crippen molar-refractivity contribution < 1.29 is 14.3 Å². The molecule has 2 heterocycles. The van der Waals surface area contributed by atoms with Crippen molar-refractivity contribution >= 4 is 12.0 Å². The highest BCUT2D eigenvalue weighted by Crippen LogP contribution is 2.16. The molecule has 0 atom stereocenters. The third-order valence-corrected chi connectivity index (χ3v) is 3.44. The van der Waals surface area contributed by atoms with Crippen molar-refractivity contribution in [3.63, 3.8) is 0 Å². The maximum atomic E-state index is 11.5. The number of aromatic nitrogens is 3. The van der Waals surface area contributed by atoms with E-state index in [0.717, 1.165) is 12.0 Å². The summed E-state index contributed by atoms with van der Waals surface area (Å²) in [6.07, 6.45) is 4.45. The van der Waals surface area contributed by atoms with Gasteiger partial charge >= 0.3 is 6.09 Å². The first-order chi connectivity index (χ1) is 13.2. The minimum absolute atomic E-state index is 0.213. The van der Waals surface area contributed by atoms with Crippen molar-refractivity contribution in [1.29, 1.82) is 0 Å². The molecule has 0 aliphatic heterocycles. The first-order valence-corrected chi connectivity index (χ1v) is 8.97. The van der Waals surface area contributed by atoms with E-state index in [2.05, 4.69) is 27.2 Å². The number of amides is 2. The topological polar surface area (TPSA) is 112 Å². The lowest BCUT2D eigenvalue weighted by Crippen LogP contribution is -2.32. The van der Waals surface area contributed by atoms with Gasteiger partial charge in [-0.2, -0.15) is 5.10 Å². The van der Waals surface area contributed by atoms with Crippen LogP contribution in [0.15, 0.2) is 30.6 Å². The minimum Gasteiger partial charge on any atom is -0.444 e. The maximum absolute atomic E-state index is 11.5. The minimum atomic E-state index is -0.568. The Morgan fingerprint density at radius 3 is 2.79 bits per heavy atom. The zero-order valence-corrected chi connectivity index (χ0v) is 16.4. The van der Waals surface area contributed by atoms with Crippen molar-refractivity contribution in [2.75, 3.05) is 6.54 Å². The lowest BCUT2D eigenvalue weighted by molar-refractivity contribution is 0.0527. The number of alkyl carbamates (subject to hydrolysis) is 1. The number of hydrogen-bond acceptors (Lipinski definition) is 5. The summed E-state index contributed by atoms with van der Waals surface area (Å²) in [4.78, 5) is 26.9. The van der Waals surface area contributed by atoms with Crippen LogP contribution in [0.1, 0.15) is 44.1 Å². The smallest absolute Gasteiger partial charge is 0.407 e. The van der Waals surface area contributed by atoms with Gasteiger partial charge in [0, 0.05) is 24.7 Å². The van der Waals surface area contributed by atoms with Crippen molar-refractivity contribution in [3.05, 3.63) is 36.3 Å². The first kappa shape index (κ1) is 21.0. The quantitative estimate of drug-likeness (QED) is 0.587. The van der Waals surface area contributed by atoms with E-state index in [1.165, 1.54) is 0 Å². The number of nitrogens with zero attached hydrogens (tertiary/aromatic N) is 3. The van der Waals surface area contributed by atoms with Crippen LogP contribution in [0.5, 0.6) is 0 Å². The highest BCUT2D eigenvalue weighted by atomic mass is 16.6. The highest BCUT2D eigenvalue weighted by Gasteiger charge is 2.15. The fourth-order valence-electron chi connectivity index (χ4n) is 2.22. The summed E-state index contributed by atoms with van der Waals surface area (Å²) < 4.78 is 6.85. The molecule has 0 aromatic carbocycles. The van der Waals surface area contributed by atoms with Crippen LogP contribution in [0.3, 0.4) is 0 Å². The van der Waals surface area contributed by atoms with Crippen molar-refractivity contribution in [2.45, 2.75) is 45.8 Å². The summed E-state index contributed by atoms with van der Waals surface area (Å²) in [5.74, 6) is 5.52. The summed E-state index contributed by atoms with van der Waals surface area (Å²) >= 11 is 0. The predicted octanol–water partition coefficient (Wildman–Crippen LogP) is 2.35. The number of ether oxygens (including phenoxy) is 1. The van der Waals surface area contributed by atoms with Gasteiger partial charge in [-0.3, -0.25) is 9.48 Å². The van der Waals surface area contributed by atoms with E-state index < -0.39 is 17.6 Å². The van der Waals surface area contributed by atoms with Gasteiger partial charge in [-0.15, -0.1) is 5.92 Å². The average Bonchev–Trinajstić information content (AvgIpc) is 3.08. The molecule has 0 saturated heterocycles. The summed E-state index contributed by atoms with van der Waals surface area (Å²) in [5, 5.41) is 6.94. The van der Waals surface area contributed by atoms with Crippen LogP contribution in [0.25, 0.3) is 11.3 Å². The zero-order chi connectivity index (χ0) is 20.6. The zero-order valence-electron chi connectivity index (χ0n) is 16.4. The standard InChI is InChI=1S/C20H25N5O3/c1-20(2,3)28-19(27)22-11-6-4-5-7-12-25-14-15(13-23-25)16-9-8-10-17(24-16)18(21)26/h8-10,13-14H,4,6,11-12H2,1-3H3,(H2,21,26)(H,22,27). The normalized spacial score (nSPS) is 10.7. The third kappa shape index (κ3) is 7.11. The molecule has 0 spiro atoms.